The first-order valence-electron chi connectivity index (χ1n) is 12.9. The molecule has 0 radical (unpaired) electrons. The Hall–Kier alpha value is 0.423. The van der Waals surface area contributed by atoms with Crippen molar-refractivity contribution < 1.29 is 51.0 Å². The Bertz CT molecular complexity index is 717. The van der Waals surface area contributed by atoms with Gasteiger partial charge in [0.05, 0.1) is 0 Å². The summed E-state index contributed by atoms with van der Waals surface area (Å²) >= 11 is 0. The summed E-state index contributed by atoms with van der Waals surface area (Å²) in [4.78, 5) is 0. The number of halogens is 2. The molecule has 180 valence electrons. The number of allylic oxidation sites excluding steroid dienone is 8. The fourth-order valence-corrected chi connectivity index (χ4v) is 8.16. The standard InChI is InChI=1S/2C15H21.2ClH.Zr/c2*1-15(2)13-8-7-12(14(15)10-13)9-11-5-3-4-6-11;;;/h2*3,5,12-14H,4,7-10H2,1-2H3;2*1H;/q2*-1;;;+4/p-2/t2*12?,13-,14-;;;/m00.../s1. The van der Waals surface area contributed by atoms with Crippen molar-refractivity contribution in [3.63, 3.8) is 0 Å². The number of fused-ring (bicyclic) bond motifs is 4. The molecule has 33 heavy (non-hydrogen) atoms. The topological polar surface area (TPSA) is 0 Å². The molecule has 8 aliphatic rings. The Balaban J connectivity index is 0.000000214. The summed E-state index contributed by atoms with van der Waals surface area (Å²) in [7, 11) is 0. The zero-order valence-electron chi connectivity index (χ0n) is 21.1. The Labute approximate surface area is 235 Å². The molecule has 0 nitrogen and oxygen atoms in total. The molecule has 6 atom stereocenters. The molecule has 6 fully saturated rings. The van der Waals surface area contributed by atoms with Crippen LogP contribution < -0.4 is 24.8 Å². The Morgan fingerprint density at radius 1 is 0.697 bits per heavy atom. The molecule has 0 heterocycles. The smallest absolute Gasteiger partial charge is 1.00 e. The second-order valence-corrected chi connectivity index (χ2v) is 12.4. The zero-order valence-corrected chi connectivity index (χ0v) is 25.1. The average molecular weight is 565 g/mol. The van der Waals surface area contributed by atoms with Crippen molar-refractivity contribution in [3.8, 4) is 0 Å². The van der Waals surface area contributed by atoms with Gasteiger partial charge >= 0.3 is 26.2 Å². The molecular formula is C30H42Cl2Zr. The third-order valence-corrected chi connectivity index (χ3v) is 10.5. The van der Waals surface area contributed by atoms with Gasteiger partial charge in [-0.1, -0.05) is 40.5 Å². The number of hydrogen-bond donors (Lipinski definition) is 0. The van der Waals surface area contributed by atoms with E-state index in [9.17, 15) is 0 Å². The van der Waals surface area contributed by atoms with Crippen LogP contribution in [0.5, 0.6) is 0 Å². The predicted molar refractivity (Wildman–Crippen MR) is 126 cm³/mol. The normalized spacial score (nSPS) is 37.5. The predicted octanol–water partition coefficient (Wildman–Crippen LogP) is 2.28. The van der Waals surface area contributed by atoms with E-state index < -0.39 is 0 Å². The van der Waals surface area contributed by atoms with E-state index in [1.807, 2.05) is 0 Å². The summed E-state index contributed by atoms with van der Waals surface area (Å²) in [5, 5.41) is 0. The van der Waals surface area contributed by atoms with Crippen LogP contribution in [0.3, 0.4) is 0 Å². The monoisotopic (exact) mass is 562 g/mol. The molecule has 0 N–H and O–H groups in total. The van der Waals surface area contributed by atoms with Gasteiger partial charge in [-0.2, -0.15) is 12.2 Å². The molecule has 6 saturated carbocycles. The van der Waals surface area contributed by atoms with Crippen LogP contribution in [0, 0.1) is 58.5 Å². The summed E-state index contributed by atoms with van der Waals surface area (Å²) in [5.74, 6) is 5.98. The van der Waals surface area contributed by atoms with Crippen LogP contribution in [0.4, 0.5) is 0 Å². The van der Waals surface area contributed by atoms with Gasteiger partial charge in [-0.15, -0.1) is 12.8 Å². The fraction of sp³-hybridized carbons (Fsp3) is 0.733. The maximum absolute atomic E-state index is 3.47. The minimum Gasteiger partial charge on any atom is -1.00 e. The van der Waals surface area contributed by atoms with Gasteiger partial charge in [0.1, 0.15) is 0 Å². The van der Waals surface area contributed by atoms with Crippen LogP contribution in [0.15, 0.2) is 35.5 Å². The van der Waals surface area contributed by atoms with E-state index in [0.29, 0.717) is 10.8 Å². The van der Waals surface area contributed by atoms with E-state index in [1.165, 1.54) is 62.5 Å². The molecule has 8 rings (SSSR count). The van der Waals surface area contributed by atoms with Crippen molar-refractivity contribution in [2.45, 2.75) is 91.9 Å². The summed E-state index contributed by atoms with van der Waals surface area (Å²) < 4.78 is 0. The molecule has 0 aromatic heterocycles. The minimum absolute atomic E-state index is 0. The number of rotatable bonds is 4. The molecule has 0 spiro atoms. The van der Waals surface area contributed by atoms with E-state index >= 15 is 0 Å². The molecule has 0 aromatic rings. The molecule has 0 saturated heterocycles. The first-order valence-corrected chi connectivity index (χ1v) is 12.9. The van der Waals surface area contributed by atoms with Gasteiger partial charge in [0.25, 0.3) is 0 Å². The third kappa shape index (κ3) is 5.72. The Kier molecular flexibility index (Phi) is 10.5. The summed E-state index contributed by atoms with van der Waals surface area (Å²) in [5.41, 5.74) is 4.26. The van der Waals surface area contributed by atoms with E-state index in [0.717, 1.165) is 48.3 Å². The number of hydrogen-bond acceptors (Lipinski definition) is 0. The largest absolute Gasteiger partial charge is 4.00 e. The molecule has 0 aliphatic heterocycles. The van der Waals surface area contributed by atoms with Crippen molar-refractivity contribution in [3.05, 3.63) is 47.6 Å². The molecule has 3 heteroatoms. The van der Waals surface area contributed by atoms with Crippen molar-refractivity contribution >= 4 is 0 Å². The summed E-state index contributed by atoms with van der Waals surface area (Å²) in [6.45, 7) is 9.95. The van der Waals surface area contributed by atoms with E-state index in [-0.39, 0.29) is 51.0 Å². The zero-order chi connectivity index (χ0) is 20.9. The second-order valence-electron chi connectivity index (χ2n) is 12.4. The van der Waals surface area contributed by atoms with Crippen molar-refractivity contribution in [2.75, 3.05) is 0 Å². The first-order chi connectivity index (χ1) is 14.4. The van der Waals surface area contributed by atoms with Crippen LogP contribution in [0.2, 0.25) is 0 Å². The SMILES string of the molecule is CC1(C)[C@H]2CCC(CC3=[C-]CC=C3)[C@@H]1C2.CC1(C)[C@H]2CCC(CC3=[C-]CC=C3)[C@@H]1C2.[Cl-].[Cl-].[Zr+4]. The van der Waals surface area contributed by atoms with Crippen molar-refractivity contribution in [2.24, 2.45) is 46.3 Å². The van der Waals surface area contributed by atoms with Crippen LogP contribution in [-0.2, 0) is 26.2 Å². The van der Waals surface area contributed by atoms with Crippen molar-refractivity contribution in [1.82, 2.24) is 0 Å². The third-order valence-electron chi connectivity index (χ3n) is 10.5. The van der Waals surface area contributed by atoms with Crippen LogP contribution in [0.1, 0.15) is 91.9 Å². The van der Waals surface area contributed by atoms with Gasteiger partial charge in [-0.05, 0) is 84.9 Å². The van der Waals surface area contributed by atoms with Gasteiger partial charge in [0, 0.05) is 0 Å². The second kappa shape index (κ2) is 11.6. The molecule has 0 aromatic carbocycles. The van der Waals surface area contributed by atoms with E-state index in [2.05, 4.69) is 64.2 Å². The van der Waals surface area contributed by atoms with Gasteiger partial charge in [-0.25, -0.2) is 23.3 Å². The maximum atomic E-state index is 3.47. The fourth-order valence-electron chi connectivity index (χ4n) is 8.16. The van der Waals surface area contributed by atoms with Crippen LogP contribution in [0.25, 0.3) is 0 Å². The summed E-state index contributed by atoms with van der Waals surface area (Å²) in [6.07, 6.45) is 29.6. The van der Waals surface area contributed by atoms with Crippen LogP contribution in [-0.4, -0.2) is 0 Å². The maximum Gasteiger partial charge on any atom is 4.00 e. The Morgan fingerprint density at radius 3 is 1.36 bits per heavy atom. The molecule has 8 aliphatic carbocycles. The van der Waals surface area contributed by atoms with Gasteiger partial charge in [0.2, 0.25) is 0 Å². The van der Waals surface area contributed by atoms with E-state index in [1.54, 1.807) is 0 Å². The van der Waals surface area contributed by atoms with Gasteiger partial charge < -0.3 is 24.8 Å². The van der Waals surface area contributed by atoms with Gasteiger partial charge in [0.15, 0.2) is 0 Å². The summed E-state index contributed by atoms with van der Waals surface area (Å²) in [6, 6.07) is 0. The molecule has 0 amide bonds. The Morgan fingerprint density at radius 2 is 1.09 bits per heavy atom. The minimum atomic E-state index is 0. The molecule has 2 unspecified atom stereocenters. The average Bonchev–Trinajstić information content (AvgIpc) is 3.43. The molecular weight excluding hydrogens is 522 g/mol. The van der Waals surface area contributed by atoms with Gasteiger partial charge in [-0.3, -0.25) is 12.2 Å². The van der Waals surface area contributed by atoms with Crippen molar-refractivity contribution in [1.29, 1.82) is 0 Å². The van der Waals surface area contributed by atoms with Crippen LogP contribution >= 0.6 is 0 Å². The van der Waals surface area contributed by atoms with E-state index in [4.69, 9.17) is 0 Å². The first kappa shape index (κ1) is 29.7. The molecule has 4 bridgehead atoms. The quantitative estimate of drug-likeness (QED) is 0.460.